The van der Waals surface area contributed by atoms with E-state index >= 15 is 0 Å². The van der Waals surface area contributed by atoms with E-state index in [4.69, 9.17) is 11.6 Å². The molecule has 0 aliphatic carbocycles. The number of rotatable bonds is 7. The third-order valence-electron chi connectivity index (χ3n) is 5.24. The molecule has 4 aromatic rings. The lowest BCUT2D eigenvalue weighted by Crippen LogP contribution is -2.22. The molecule has 0 unspecified atom stereocenters. The van der Waals surface area contributed by atoms with E-state index in [9.17, 15) is 18.0 Å². The first-order valence-corrected chi connectivity index (χ1v) is 11.8. The highest BCUT2D eigenvalue weighted by Gasteiger charge is 2.35. The number of anilines is 1. The molecule has 180 valence electrons. The van der Waals surface area contributed by atoms with Crippen LogP contribution >= 0.6 is 23.4 Å². The van der Waals surface area contributed by atoms with Crippen LogP contribution in [0.4, 0.5) is 18.9 Å². The SMILES string of the molecule is Cn1c(Cc2ccccc2)nnc1S[C@@H](C(=O)Nc1ccc(Cl)cc1C(F)(F)F)c1ccccc1. The van der Waals surface area contributed by atoms with Crippen molar-refractivity contribution in [3.8, 4) is 0 Å². The summed E-state index contributed by atoms with van der Waals surface area (Å²) in [5.41, 5.74) is 0.291. The fourth-order valence-electron chi connectivity index (χ4n) is 3.44. The first-order chi connectivity index (χ1) is 16.7. The molecule has 1 heterocycles. The van der Waals surface area contributed by atoms with E-state index in [-0.39, 0.29) is 10.7 Å². The molecule has 1 aromatic heterocycles. The summed E-state index contributed by atoms with van der Waals surface area (Å²) in [5.74, 6) is 0.0737. The van der Waals surface area contributed by atoms with Gasteiger partial charge in [-0.25, -0.2) is 0 Å². The van der Waals surface area contributed by atoms with Crippen LogP contribution in [0.5, 0.6) is 0 Å². The van der Waals surface area contributed by atoms with Gasteiger partial charge >= 0.3 is 6.18 Å². The summed E-state index contributed by atoms with van der Waals surface area (Å²) in [7, 11) is 1.79. The van der Waals surface area contributed by atoms with Crippen molar-refractivity contribution in [1.82, 2.24) is 14.8 Å². The molecule has 3 aromatic carbocycles. The summed E-state index contributed by atoms with van der Waals surface area (Å²) < 4.78 is 42.4. The summed E-state index contributed by atoms with van der Waals surface area (Å²) in [6.45, 7) is 0. The van der Waals surface area contributed by atoms with Gasteiger partial charge in [0.15, 0.2) is 5.16 Å². The summed E-state index contributed by atoms with van der Waals surface area (Å²) in [4.78, 5) is 13.3. The van der Waals surface area contributed by atoms with Crippen molar-refractivity contribution in [2.45, 2.75) is 23.0 Å². The van der Waals surface area contributed by atoms with Crippen molar-refractivity contribution in [3.63, 3.8) is 0 Å². The predicted octanol–water partition coefficient (Wildman–Crippen LogP) is 6.55. The van der Waals surface area contributed by atoms with Crippen LogP contribution < -0.4 is 5.32 Å². The predicted molar refractivity (Wildman–Crippen MR) is 130 cm³/mol. The Morgan fingerprint density at radius 3 is 2.34 bits per heavy atom. The average Bonchev–Trinajstić information content (AvgIpc) is 3.18. The number of thioether (sulfide) groups is 1. The fraction of sp³-hybridized carbons (Fsp3) is 0.160. The van der Waals surface area contributed by atoms with E-state index in [0.717, 1.165) is 29.5 Å². The highest BCUT2D eigenvalue weighted by atomic mass is 35.5. The molecule has 0 saturated heterocycles. The smallest absolute Gasteiger partial charge is 0.324 e. The van der Waals surface area contributed by atoms with E-state index < -0.39 is 22.9 Å². The second-order valence-electron chi connectivity index (χ2n) is 7.71. The highest BCUT2D eigenvalue weighted by Crippen LogP contribution is 2.39. The summed E-state index contributed by atoms with van der Waals surface area (Å²) in [6, 6.07) is 21.8. The number of amides is 1. The maximum Gasteiger partial charge on any atom is 0.418 e. The normalized spacial score (nSPS) is 12.4. The standard InChI is InChI=1S/C25H20ClF3N4OS/c1-33-21(14-16-8-4-2-5-9-16)31-32-24(33)35-22(17-10-6-3-7-11-17)23(34)30-20-13-12-18(26)15-19(20)25(27,28)29/h2-13,15,22H,14H2,1H3,(H,30,34)/t22-/m1/s1. The van der Waals surface area contributed by atoms with Gasteiger partial charge in [-0.1, -0.05) is 84.0 Å². The van der Waals surface area contributed by atoms with Crippen LogP contribution in [-0.2, 0) is 24.4 Å². The molecule has 0 saturated carbocycles. The Balaban J connectivity index is 1.62. The number of hydrogen-bond donors (Lipinski definition) is 1. The second-order valence-corrected chi connectivity index (χ2v) is 9.21. The van der Waals surface area contributed by atoms with Gasteiger partial charge in [0.05, 0.1) is 11.3 Å². The van der Waals surface area contributed by atoms with Crippen molar-refractivity contribution >= 4 is 35.0 Å². The van der Waals surface area contributed by atoms with Crippen LogP contribution in [0.2, 0.25) is 5.02 Å². The molecule has 0 aliphatic heterocycles. The molecule has 0 fully saturated rings. The lowest BCUT2D eigenvalue weighted by molar-refractivity contribution is -0.137. The van der Waals surface area contributed by atoms with Crippen LogP contribution in [0.15, 0.2) is 84.0 Å². The van der Waals surface area contributed by atoms with Crippen LogP contribution in [-0.4, -0.2) is 20.7 Å². The Bertz CT molecular complexity index is 1310. The number of carbonyl (C=O) groups is 1. The van der Waals surface area contributed by atoms with Crippen molar-refractivity contribution < 1.29 is 18.0 Å². The molecule has 1 N–H and O–H groups in total. The third kappa shape index (κ3) is 6.04. The largest absolute Gasteiger partial charge is 0.418 e. The molecule has 1 atom stereocenters. The minimum atomic E-state index is -4.68. The monoisotopic (exact) mass is 516 g/mol. The lowest BCUT2D eigenvalue weighted by Gasteiger charge is -2.19. The van der Waals surface area contributed by atoms with Crippen LogP contribution in [0.3, 0.4) is 0 Å². The van der Waals surface area contributed by atoms with E-state index in [0.29, 0.717) is 23.0 Å². The van der Waals surface area contributed by atoms with Gasteiger partial charge in [-0.3, -0.25) is 4.79 Å². The number of carbonyl (C=O) groups excluding carboxylic acids is 1. The van der Waals surface area contributed by atoms with Gasteiger partial charge in [-0.15, -0.1) is 10.2 Å². The van der Waals surface area contributed by atoms with E-state index in [1.54, 1.807) is 41.9 Å². The van der Waals surface area contributed by atoms with E-state index in [1.165, 1.54) is 6.07 Å². The number of nitrogens with one attached hydrogen (secondary N) is 1. The van der Waals surface area contributed by atoms with Gasteiger partial charge in [0.2, 0.25) is 5.91 Å². The summed E-state index contributed by atoms with van der Waals surface area (Å²) in [5, 5.41) is 10.4. The quantitative estimate of drug-likeness (QED) is 0.283. The number of benzene rings is 3. The van der Waals surface area contributed by atoms with Gasteiger partial charge in [0, 0.05) is 18.5 Å². The van der Waals surface area contributed by atoms with Gasteiger partial charge in [0.25, 0.3) is 0 Å². The van der Waals surface area contributed by atoms with E-state index in [1.807, 2.05) is 30.3 Å². The second kappa shape index (κ2) is 10.5. The first-order valence-electron chi connectivity index (χ1n) is 10.5. The van der Waals surface area contributed by atoms with Crippen LogP contribution in [0, 0.1) is 0 Å². The number of aromatic nitrogens is 3. The van der Waals surface area contributed by atoms with Gasteiger partial charge in [0.1, 0.15) is 11.1 Å². The Hall–Kier alpha value is -3.30. The summed E-state index contributed by atoms with van der Waals surface area (Å²) in [6.07, 6.45) is -4.13. The zero-order chi connectivity index (χ0) is 25.0. The molecule has 0 bridgehead atoms. The first kappa shape index (κ1) is 24.8. The number of nitrogens with zero attached hydrogens (tertiary/aromatic N) is 3. The summed E-state index contributed by atoms with van der Waals surface area (Å²) >= 11 is 6.88. The number of hydrogen-bond acceptors (Lipinski definition) is 4. The maximum atomic E-state index is 13.5. The molecule has 1 amide bonds. The molecule has 0 spiro atoms. The molecule has 0 radical (unpaired) electrons. The van der Waals surface area contributed by atoms with Gasteiger partial charge in [-0.2, -0.15) is 13.2 Å². The average molecular weight is 517 g/mol. The topological polar surface area (TPSA) is 59.8 Å². The Morgan fingerprint density at radius 1 is 1.03 bits per heavy atom. The molecular formula is C25H20ClF3N4OS. The van der Waals surface area contributed by atoms with Crippen molar-refractivity contribution in [3.05, 3.63) is 106 Å². The van der Waals surface area contributed by atoms with Crippen molar-refractivity contribution in [2.75, 3.05) is 5.32 Å². The molecule has 0 aliphatic rings. The van der Waals surface area contributed by atoms with Crippen LogP contribution in [0.1, 0.15) is 27.8 Å². The lowest BCUT2D eigenvalue weighted by atomic mass is 10.1. The van der Waals surface area contributed by atoms with Crippen molar-refractivity contribution in [2.24, 2.45) is 7.05 Å². The van der Waals surface area contributed by atoms with Gasteiger partial charge < -0.3 is 9.88 Å². The highest BCUT2D eigenvalue weighted by molar-refractivity contribution is 8.00. The number of alkyl halides is 3. The fourth-order valence-corrected chi connectivity index (χ4v) is 4.64. The van der Waals surface area contributed by atoms with E-state index in [2.05, 4.69) is 15.5 Å². The maximum absolute atomic E-state index is 13.5. The van der Waals surface area contributed by atoms with Crippen molar-refractivity contribution in [1.29, 1.82) is 0 Å². The third-order valence-corrected chi connectivity index (χ3v) is 6.76. The molecule has 35 heavy (non-hydrogen) atoms. The molecule has 5 nitrogen and oxygen atoms in total. The minimum absolute atomic E-state index is 0.0747. The Labute approximate surface area is 209 Å². The van der Waals surface area contributed by atoms with Gasteiger partial charge in [-0.05, 0) is 29.3 Å². The zero-order valence-corrected chi connectivity index (χ0v) is 20.0. The Kier molecular flexibility index (Phi) is 7.47. The molecular weight excluding hydrogens is 497 g/mol. The molecule has 10 heteroatoms. The minimum Gasteiger partial charge on any atom is -0.324 e. The Morgan fingerprint density at radius 2 is 1.69 bits per heavy atom. The number of halogens is 4. The van der Waals surface area contributed by atoms with Crippen LogP contribution in [0.25, 0.3) is 0 Å². The molecule has 4 rings (SSSR count). The zero-order valence-electron chi connectivity index (χ0n) is 18.5.